The lowest BCUT2D eigenvalue weighted by molar-refractivity contribution is 0.410. The maximum atomic E-state index is 14.0. The van der Waals surface area contributed by atoms with Crippen molar-refractivity contribution in [2.75, 3.05) is 35.5 Å². The van der Waals surface area contributed by atoms with Crippen molar-refractivity contribution in [3.63, 3.8) is 0 Å². The Morgan fingerprint density at radius 2 is 0.313 bits per heavy atom. The van der Waals surface area contributed by atoms with Crippen molar-refractivity contribution in [1.29, 1.82) is 0 Å². The number of rotatable bonds is 5. The molecule has 83 heavy (non-hydrogen) atoms. The number of methoxy groups -OCH3 is 5. The minimum Gasteiger partial charge on any atom is -0.496 e. The van der Waals surface area contributed by atoms with Crippen molar-refractivity contribution in [3.05, 3.63) is 179 Å². The largest absolute Gasteiger partial charge is 0.496 e. The molecule has 6 aromatic carbocycles. The van der Waals surface area contributed by atoms with E-state index in [9.17, 15) is 50.5 Å². The highest BCUT2D eigenvalue weighted by atomic mass is 32.2. The van der Waals surface area contributed by atoms with Crippen LogP contribution in [0.15, 0.2) is 72.8 Å². The average molecular weight is 1260 g/mol. The van der Waals surface area contributed by atoms with E-state index in [1.54, 1.807) is 90.9 Å². The lowest BCUT2D eigenvalue weighted by Gasteiger charge is -2.18. The van der Waals surface area contributed by atoms with Crippen LogP contribution in [0.4, 0.5) is 0 Å². The molecule has 6 aromatic rings. The van der Waals surface area contributed by atoms with Crippen LogP contribution in [0.3, 0.4) is 0 Å². The lowest BCUT2D eigenvalue weighted by Crippen LogP contribution is -2.14. The minimum absolute atomic E-state index is 0.156. The van der Waals surface area contributed by atoms with Gasteiger partial charge in [0.2, 0.25) is 0 Å². The maximum Gasteiger partial charge on any atom is 0.158 e. The molecule has 0 saturated carbocycles. The third-order valence-electron chi connectivity index (χ3n) is 15.0. The molecule has 17 nitrogen and oxygen atoms in total. The second-order valence-corrected chi connectivity index (χ2v) is 34.2. The molecule has 0 amide bonds. The van der Waals surface area contributed by atoms with Crippen molar-refractivity contribution < 1.29 is 74.2 Å². The normalized spacial score (nSPS) is 18.0. The molecule has 0 spiro atoms. The monoisotopic (exact) mass is 1260 g/mol. The Balaban J connectivity index is 1.25. The van der Waals surface area contributed by atoms with Gasteiger partial charge in [-0.3, -0.25) is 0 Å². The zero-order chi connectivity index (χ0) is 61.4. The van der Waals surface area contributed by atoms with E-state index in [0.717, 1.165) is 0 Å². The summed E-state index contributed by atoms with van der Waals surface area (Å²) in [6.07, 6.45) is 0. The van der Waals surface area contributed by atoms with E-state index in [0.29, 0.717) is 106 Å². The van der Waals surface area contributed by atoms with Gasteiger partial charge in [0, 0.05) is 27.8 Å². The Hall–Kier alpha value is -5.98. The fourth-order valence-electron chi connectivity index (χ4n) is 10.6. The molecule has 0 saturated heterocycles. The molecule has 0 unspecified atom stereocenters. The van der Waals surface area contributed by atoms with E-state index in [1.165, 1.54) is 65.9 Å². The van der Waals surface area contributed by atoms with E-state index in [1.807, 2.05) is 0 Å². The van der Waals surface area contributed by atoms with Gasteiger partial charge >= 0.3 is 0 Å². The summed E-state index contributed by atoms with van der Waals surface area (Å²) in [5, 5.41) is 0. The smallest absolute Gasteiger partial charge is 0.158 e. The molecule has 0 atom stereocenters. The van der Waals surface area contributed by atoms with E-state index in [-0.39, 0.29) is 40.3 Å². The SMILES string of the molecule is COc1cc2c(C)cc1CS(=O)(=O)Cc1cc(OC)c(cc1C)CS(=O)(=O)Cc1cc(C)c(cc1C)CS(=O)(=O)Cc1cc(C)c(cc1OC)CS(=O)(=O)Cc1cc(C)c(cc1OC)CS(=O)(=O)Cc1cc(C)c(cc1OC)CS(=O)(=O)C2. The molecular formula is C60H72O17S6. The first-order valence-electron chi connectivity index (χ1n) is 26.2. The summed E-state index contributed by atoms with van der Waals surface area (Å²) in [6, 6.07) is 18.8. The Kier molecular flexibility index (Phi) is 19.4. The Labute approximate surface area is 490 Å². The molecule has 0 aliphatic carbocycles. The number of ether oxygens (including phenoxy) is 5. The molecule has 0 radical (unpaired) electrons. The number of hydrogen-bond acceptors (Lipinski definition) is 17. The minimum atomic E-state index is -3.96. The summed E-state index contributed by atoms with van der Waals surface area (Å²) in [6.45, 7) is 11.8. The predicted molar refractivity (Wildman–Crippen MR) is 323 cm³/mol. The van der Waals surface area contributed by atoms with Crippen LogP contribution >= 0.6 is 0 Å². The predicted octanol–water partition coefficient (Wildman–Crippen LogP) is 8.89. The van der Waals surface area contributed by atoms with Gasteiger partial charge in [-0.2, -0.15) is 0 Å². The van der Waals surface area contributed by atoms with Crippen LogP contribution in [-0.4, -0.2) is 86.1 Å². The van der Waals surface area contributed by atoms with Crippen molar-refractivity contribution in [2.45, 2.75) is 118 Å². The highest BCUT2D eigenvalue weighted by Gasteiger charge is 2.28. The van der Waals surface area contributed by atoms with Crippen molar-refractivity contribution in [2.24, 2.45) is 0 Å². The van der Waals surface area contributed by atoms with Crippen LogP contribution in [0.2, 0.25) is 0 Å². The van der Waals surface area contributed by atoms with Gasteiger partial charge < -0.3 is 23.7 Å². The highest BCUT2D eigenvalue weighted by molar-refractivity contribution is 7.91. The molecule has 22 rings (SSSR count). The standard InChI is InChI=1S/C60H72O17S6/c1-37-14-45-26-80(65,66)33-52-18-42(6)49(23-59(52)76-11)30-83(71,72)36-55-19-43(7)50(24-60(55)77-12)31-82(69,70)35-54-16-40(4)47(21-57(54)74-9)28-78(61,62)27-46-20-56(73-8)53(15-39(46)3)34-81(67,68)29-48-22-58(75-10)51(17-41(48)5)32-79(63,64)25-44(37)13-38(45)2/h13-24H,25-36H2,1-12H3. The maximum absolute atomic E-state index is 14.0. The first-order chi connectivity index (χ1) is 38.6. The Morgan fingerprint density at radius 3 is 0.446 bits per heavy atom. The number of benzene rings is 6. The van der Waals surface area contributed by atoms with Gasteiger partial charge in [0.1, 0.15) is 28.7 Å². The zero-order valence-electron chi connectivity index (χ0n) is 48.8. The highest BCUT2D eigenvalue weighted by Crippen LogP contribution is 2.36. The molecule has 0 aromatic heterocycles. The van der Waals surface area contributed by atoms with Crippen molar-refractivity contribution in [1.82, 2.24) is 0 Å². The van der Waals surface area contributed by atoms with E-state index >= 15 is 0 Å². The molecule has 16 aliphatic rings. The van der Waals surface area contributed by atoms with Crippen LogP contribution < -0.4 is 23.7 Å². The molecule has 12 bridgehead atoms. The van der Waals surface area contributed by atoms with E-state index in [4.69, 9.17) is 23.7 Å². The van der Waals surface area contributed by atoms with Crippen LogP contribution in [0.5, 0.6) is 28.7 Å². The second kappa shape index (κ2) is 24.9. The third kappa shape index (κ3) is 16.3. The van der Waals surface area contributed by atoms with Crippen molar-refractivity contribution in [3.8, 4) is 28.7 Å². The molecule has 16 aliphatic heterocycles. The molecule has 450 valence electrons. The summed E-state index contributed by atoms with van der Waals surface area (Å²) in [5.74, 6) is -4.48. The van der Waals surface area contributed by atoms with Gasteiger partial charge in [0.25, 0.3) is 0 Å². The van der Waals surface area contributed by atoms with Crippen LogP contribution in [0.25, 0.3) is 0 Å². The number of hydrogen-bond donors (Lipinski definition) is 0. The first kappa shape index (κ1) is 64.6. The zero-order valence-corrected chi connectivity index (χ0v) is 53.7. The van der Waals surface area contributed by atoms with Crippen LogP contribution in [-0.2, 0) is 128 Å². The summed E-state index contributed by atoms with van der Waals surface area (Å²) in [4.78, 5) is 0. The molecular weight excluding hydrogens is 1190 g/mol. The van der Waals surface area contributed by atoms with Crippen LogP contribution in [0.1, 0.15) is 106 Å². The van der Waals surface area contributed by atoms with Gasteiger partial charge in [-0.15, -0.1) is 0 Å². The third-order valence-corrected chi connectivity index (χ3v) is 24.0. The summed E-state index contributed by atoms with van der Waals surface area (Å²) in [7, 11) is -16.8. The molecule has 0 N–H and O–H groups in total. The molecule has 0 fully saturated rings. The molecule has 16 heterocycles. The van der Waals surface area contributed by atoms with Crippen molar-refractivity contribution >= 4 is 59.0 Å². The fraction of sp³-hybridized carbons (Fsp3) is 0.400. The van der Waals surface area contributed by atoms with E-state index in [2.05, 4.69) is 0 Å². The van der Waals surface area contributed by atoms with Gasteiger partial charge in [-0.1, -0.05) is 42.5 Å². The summed E-state index contributed by atoms with van der Waals surface area (Å²) < 4.78 is 196. The number of aryl methyl sites for hydroxylation is 7. The molecule has 23 heteroatoms. The fourth-order valence-corrected chi connectivity index (χ4v) is 20.2. The topological polar surface area (TPSA) is 251 Å². The van der Waals surface area contributed by atoms with Gasteiger partial charge in [0.15, 0.2) is 59.0 Å². The first-order valence-corrected chi connectivity index (χ1v) is 37.1. The Morgan fingerprint density at radius 1 is 0.205 bits per heavy atom. The lowest BCUT2D eigenvalue weighted by atomic mass is 10.0. The Bertz CT molecular complexity index is 4240. The van der Waals surface area contributed by atoms with Gasteiger partial charge in [-0.05, 0) is 157 Å². The van der Waals surface area contributed by atoms with E-state index < -0.39 is 117 Å². The second-order valence-electron chi connectivity index (χ2n) is 21.9. The van der Waals surface area contributed by atoms with Gasteiger partial charge in [-0.25, -0.2) is 50.5 Å². The number of sulfone groups is 6. The summed E-state index contributed by atoms with van der Waals surface area (Å²) in [5.41, 5.74) is 7.94. The van der Waals surface area contributed by atoms with Crippen LogP contribution in [0, 0.1) is 48.5 Å². The van der Waals surface area contributed by atoms with Gasteiger partial charge in [0.05, 0.1) is 105 Å². The summed E-state index contributed by atoms with van der Waals surface area (Å²) >= 11 is 0. The average Bonchev–Trinajstić information content (AvgIpc) is 3.06. The quantitative estimate of drug-likeness (QED) is 0.156.